The number of hydrogen-bond donors (Lipinski definition) is 1. The van der Waals surface area contributed by atoms with Crippen molar-refractivity contribution in [3.05, 3.63) is 35.1 Å². The fourth-order valence-electron chi connectivity index (χ4n) is 2.28. The molecule has 1 aromatic rings. The minimum Gasteiger partial charge on any atom is -0.323 e. The van der Waals surface area contributed by atoms with Gasteiger partial charge in [-0.15, -0.1) is 0 Å². The standard InChI is InChI=1S/C13H18FNS/c1-9-4-5-11(14)10(8-9)12(15)13(2)6-3-7-16-13/h4-5,8,12H,3,6-7,15H2,1-2H3. The van der Waals surface area contributed by atoms with Gasteiger partial charge in [-0.2, -0.15) is 11.8 Å². The molecule has 88 valence electrons. The Balaban J connectivity index is 2.32. The Hall–Kier alpha value is -0.540. The number of benzene rings is 1. The van der Waals surface area contributed by atoms with Gasteiger partial charge in [0.05, 0.1) is 0 Å². The molecule has 16 heavy (non-hydrogen) atoms. The third-order valence-electron chi connectivity index (χ3n) is 3.39. The molecule has 0 radical (unpaired) electrons. The average molecular weight is 239 g/mol. The first-order valence-corrected chi connectivity index (χ1v) is 6.67. The lowest BCUT2D eigenvalue weighted by molar-refractivity contribution is 0.478. The largest absolute Gasteiger partial charge is 0.323 e. The second kappa shape index (κ2) is 4.38. The minimum atomic E-state index is -0.208. The van der Waals surface area contributed by atoms with Gasteiger partial charge in [0, 0.05) is 16.4 Å². The zero-order valence-corrected chi connectivity index (χ0v) is 10.6. The molecule has 2 rings (SSSR count). The lowest BCUT2D eigenvalue weighted by atomic mass is 9.90. The minimum absolute atomic E-state index is 0.00532. The van der Waals surface area contributed by atoms with E-state index in [4.69, 9.17) is 5.73 Å². The summed E-state index contributed by atoms with van der Waals surface area (Å²) in [5.41, 5.74) is 7.98. The third kappa shape index (κ3) is 2.11. The molecule has 2 N–H and O–H groups in total. The maximum absolute atomic E-state index is 13.8. The molecule has 1 saturated heterocycles. The van der Waals surface area contributed by atoms with E-state index in [1.54, 1.807) is 6.07 Å². The van der Waals surface area contributed by atoms with Crippen LogP contribution in [-0.2, 0) is 0 Å². The maximum Gasteiger partial charge on any atom is 0.128 e. The molecule has 2 atom stereocenters. The molecule has 1 aromatic carbocycles. The van der Waals surface area contributed by atoms with Crippen LogP contribution in [0.3, 0.4) is 0 Å². The highest BCUT2D eigenvalue weighted by molar-refractivity contribution is 8.00. The normalized spacial score (nSPS) is 27.0. The summed E-state index contributed by atoms with van der Waals surface area (Å²) in [6, 6.07) is 4.98. The molecule has 1 nitrogen and oxygen atoms in total. The van der Waals surface area contributed by atoms with Crippen LogP contribution in [0.15, 0.2) is 18.2 Å². The van der Waals surface area contributed by atoms with Gasteiger partial charge < -0.3 is 5.73 Å². The Labute approximate surface area is 101 Å². The van der Waals surface area contributed by atoms with E-state index < -0.39 is 0 Å². The van der Waals surface area contributed by atoms with Crippen LogP contribution in [0.25, 0.3) is 0 Å². The molecular formula is C13H18FNS. The van der Waals surface area contributed by atoms with Crippen LogP contribution in [0, 0.1) is 12.7 Å². The Morgan fingerprint density at radius 2 is 2.25 bits per heavy atom. The Morgan fingerprint density at radius 1 is 1.50 bits per heavy atom. The summed E-state index contributed by atoms with van der Waals surface area (Å²) in [6.07, 6.45) is 2.26. The van der Waals surface area contributed by atoms with Gasteiger partial charge in [0.2, 0.25) is 0 Å². The van der Waals surface area contributed by atoms with Crippen LogP contribution in [0.1, 0.15) is 36.9 Å². The van der Waals surface area contributed by atoms with Crippen LogP contribution in [0.2, 0.25) is 0 Å². The summed E-state index contributed by atoms with van der Waals surface area (Å²) in [4.78, 5) is 0. The summed E-state index contributed by atoms with van der Waals surface area (Å²) in [5, 5.41) is 0. The first-order valence-electron chi connectivity index (χ1n) is 5.68. The van der Waals surface area contributed by atoms with Crippen LogP contribution in [0.4, 0.5) is 4.39 Å². The summed E-state index contributed by atoms with van der Waals surface area (Å²) in [7, 11) is 0. The number of hydrogen-bond acceptors (Lipinski definition) is 2. The molecule has 1 aliphatic rings. The molecule has 3 heteroatoms. The van der Waals surface area contributed by atoms with Crippen molar-refractivity contribution in [1.29, 1.82) is 0 Å². The van der Waals surface area contributed by atoms with Crippen molar-refractivity contribution in [3.8, 4) is 0 Å². The molecule has 1 aliphatic heterocycles. The predicted molar refractivity (Wildman–Crippen MR) is 68.2 cm³/mol. The van der Waals surface area contributed by atoms with Gasteiger partial charge in [-0.05, 0) is 38.5 Å². The van der Waals surface area contributed by atoms with Gasteiger partial charge in [-0.1, -0.05) is 17.7 Å². The second-order valence-electron chi connectivity index (χ2n) is 4.77. The van der Waals surface area contributed by atoms with E-state index in [2.05, 4.69) is 6.92 Å². The highest BCUT2D eigenvalue weighted by Gasteiger charge is 2.37. The molecule has 1 heterocycles. The molecule has 0 spiro atoms. The molecule has 0 bridgehead atoms. The highest BCUT2D eigenvalue weighted by atomic mass is 32.2. The first-order chi connectivity index (χ1) is 7.53. The summed E-state index contributed by atoms with van der Waals surface area (Å²) in [6.45, 7) is 4.12. The molecule has 0 aromatic heterocycles. The van der Waals surface area contributed by atoms with Crippen molar-refractivity contribution in [2.45, 2.75) is 37.5 Å². The average Bonchev–Trinajstić information content (AvgIpc) is 2.69. The van der Waals surface area contributed by atoms with Gasteiger partial charge in [-0.25, -0.2) is 4.39 Å². The monoisotopic (exact) mass is 239 g/mol. The van der Waals surface area contributed by atoms with Gasteiger partial charge in [-0.3, -0.25) is 0 Å². The first kappa shape index (κ1) is 11.9. The summed E-state index contributed by atoms with van der Waals surface area (Å²) >= 11 is 1.87. The van der Waals surface area contributed by atoms with Crippen LogP contribution < -0.4 is 5.73 Å². The van der Waals surface area contributed by atoms with Crippen molar-refractivity contribution >= 4 is 11.8 Å². The summed E-state index contributed by atoms with van der Waals surface area (Å²) < 4.78 is 13.7. The number of aryl methyl sites for hydroxylation is 1. The number of thioether (sulfide) groups is 1. The SMILES string of the molecule is Cc1ccc(F)c(C(N)C2(C)CCCS2)c1. The van der Waals surface area contributed by atoms with Crippen molar-refractivity contribution in [1.82, 2.24) is 0 Å². The molecule has 2 unspecified atom stereocenters. The van der Waals surface area contributed by atoms with Gasteiger partial charge in [0.15, 0.2) is 0 Å². The van der Waals surface area contributed by atoms with Crippen molar-refractivity contribution in [2.75, 3.05) is 5.75 Å². The third-order valence-corrected chi connectivity index (χ3v) is 5.00. The fraction of sp³-hybridized carbons (Fsp3) is 0.538. The Morgan fingerprint density at radius 3 is 2.88 bits per heavy atom. The number of nitrogens with two attached hydrogens (primary N) is 1. The topological polar surface area (TPSA) is 26.0 Å². The van der Waals surface area contributed by atoms with Crippen LogP contribution in [-0.4, -0.2) is 10.5 Å². The van der Waals surface area contributed by atoms with E-state index in [1.807, 2.05) is 24.8 Å². The molecule has 1 fully saturated rings. The fourth-order valence-corrected chi connectivity index (χ4v) is 3.63. The van der Waals surface area contributed by atoms with Crippen molar-refractivity contribution < 1.29 is 4.39 Å². The van der Waals surface area contributed by atoms with E-state index in [0.717, 1.165) is 17.7 Å². The Kier molecular flexibility index (Phi) is 3.27. The zero-order valence-electron chi connectivity index (χ0n) is 9.79. The smallest absolute Gasteiger partial charge is 0.128 e. The Bertz CT molecular complexity index is 386. The van der Waals surface area contributed by atoms with Crippen molar-refractivity contribution in [2.24, 2.45) is 5.73 Å². The van der Waals surface area contributed by atoms with Crippen LogP contribution >= 0.6 is 11.8 Å². The lowest BCUT2D eigenvalue weighted by Gasteiger charge is -2.31. The van der Waals surface area contributed by atoms with Gasteiger partial charge in [0.25, 0.3) is 0 Å². The molecular weight excluding hydrogens is 221 g/mol. The lowest BCUT2D eigenvalue weighted by Crippen LogP contribution is -2.33. The van der Waals surface area contributed by atoms with E-state index >= 15 is 0 Å². The maximum atomic E-state index is 13.8. The second-order valence-corrected chi connectivity index (χ2v) is 6.40. The number of halogens is 1. The zero-order chi connectivity index (χ0) is 11.8. The molecule has 0 amide bonds. The molecule has 0 aliphatic carbocycles. The van der Waals surface area contributed by atoms with Gasteiger partial charge >= 0.3 is 0 Å². The molecule has 0 saturated carbocycles. The summed E-state index contributed by atoms with van der Waals surface area (Å²) in [5.74, 6) is 0.962. The van der Waals surface area contributed by atoms with E-state index in [1.165, 1.54) is 12.5 Å². The quantitative estimate of drug-likeness (QED) is 0.855. The number of rotatable bonds is 2. The van der Waals surface area contributed by atoms with Gasteiger partial charge in [0.1, 0.15) is 5.82 Å². The predicted octanol–water partition coefficient (Wildman–Crippen LogP) is 3.42. The highest BCUT2D eigenvalue weighted by Crippen LogP contribution is 2.45. The van der Waals surface area contributed by atoms with E-state index in [-0.39, 0.29) is 16.6 Å². The van der Waals surface area contributed by atoms with E-state index in [9.17, 15) is 4.39 Å². The van der Waals surface area contributed by atoms with E-state index in [0.29, 0.717) is 5.56 Å². The van der Waals surface area contributed by atoms with Crippen molar-refractivity contribution in [3.63, 3.8) is 0 Å². The van der Waals surface area contributed by atoms with Crippen LogP contribution in [0.5, 0.6) is 0 Å².